The summed E-state index contributed by atoms with van der Waals surface area (Å²) in [5.74, 6) is 0.991. The van der Waals surface area contributed by atoms with E-state index in [1.54, 1.807) is 12.1 Å². The molecule has 2 heterocycles. The Kier molecular flexibility index (Phi) is 4.19. The first-order chi connectivity index (χ1) is 12.1. The fourth-order valence-corrected chi connectivity index (χ4v) is 3.21. The van der Waals surface area contributed by atoms with Crippen molar-refractivity contribution in [3.63, 3.8) is 0 Å². The Balaban J connectivity index is 1.44. The van der Waals surface area contributed by atoms with Crippen molar-refractivity contribution < 1.29 is 19.1 Å². The van der Waals surface area contributed by atoms with Crippen LogP contribution in [0.1, 0.15) is 12.0 Å². The molecule has 1 atom stereocenters. The summed E-state index contributed by atoms with van der Waals surface area (Å²) in [6, 6.07) is 12.2. The van der Waals surface area contributed by atoms with Gasteiger partial charge >= 0.3 is 0 Å². The number of rotatable bonds is 4. The van der Waals surface area contributed by atoms with Crippen molar-refractivity contribution in [2.45, 2.75) is 19.0 Å². The Morgan fingerprint density at radius 3 is 2.64 bits per heavy atom. The van der Waals surface area contributed by atoms with Crippen molar-refractivity contribution in [1.82, 2.24) is 5.32 Å². The first-order valence-corrected chi connectivity index (χ1v) is 8.65. The van der Waals surface area contributed by atoms with Gasteiger partial charge in [0.15, 0.2) is 11.5 Å². The average molecular weight is 403 g/mol. The second-order valence-electron chi connectivity index (χ2n) is 5.87. The number of carbonyl (C=O) groups is 2. The smallest absolute Gasteiger partial charge is 0.251 e. The molecule has 6 nitrogen and oxygen atoms in total. The summed E-state index contributed by atoms with van der Waals surface area (Å²) in [7, 11) is 0. The zero-order valence-corrected chi connectivity index (χ0v) is 14.8. The van der Waals surface area contributed by atoms with Crippen LogP contribution >= 0.6 is 15.9 Å². The normalized spacial score (nSPS) is 18.9. The minimum atomic E-state index is -0.526. The zero-order valence-electron chi connectivity index (χ0n) is 13.2. The lowest BCUT2D eigenvalue weighted by Crippen LogP contribution is -2.38. The van der Waals surface area contributed by atoms with Gasteiger partial charge in [-0.15, -0.1) is 0 Å². The highest BCUT2D eigenvalue weighted by molar-refractivity contribution is 9.10. The fourth-order valence-electron chi connectivity index (χ4n) is 2.94. The predicted molar refractivity (Wildman–Crippen MR) is 94.4 cm³/mol. The number of amides is 2. The molecule has 2 aliphatic rings. The lowest BCUT2D eigenvalue weighted by Gasteiger charge is -2.15. The van der Waals surface area contributed by atoms with Gasteiger partial charge in [0.2, 0.25) is 12.7 Å². The molecule has 4 rings (SSSR count). The monoisotopic (exact) mass is 402 g/mol. The van der Waals surface area contributed by atoms with Crippen LogP contribution in [0.5, 0.6) is 11.5 Å². The maximum atomic E-state index is 12.6. The van der Waals surface area contributed by atoms with Crippen LogP contribution in [-0.4, -0.2) is 24.6 Å². The van der Waals surface area contributed by atoms with Gasteiger partial charge in [-0.05, 0) is 42.0 Å². The molecule has 0 bridgehead atoms. The molecule has 1 saturated heterocycles. The molecule has 2 aromatic carbocycles. The first kappa shape index (κ1) is 16.1. The molecule has 0 aliphatic carbocycles. The number of nitrogens with one attached hydrogen (secondary N) is 1. The summed E-state index contributed by atoms with van der Waals surface area (Å²) in [6.45, 7) is 0.693. The Morgan fingerprint density at radius 2 is 1.84 bits per heavy atom. The second kappa shape index (κ2) is 6.50. The summed E-state index contributed by atoms with van der Waals surface area (Å²) in [4.78, 5) is 26.1. The summed E-state index contributed by atoms with van der Waals surface area (Å²) >= 11 is 3.35. The molecule has 7 heteroatoms. The maximum absolute atomic E-state index is 12.6. The van der Waals surface area contributed by atoms with Gasteiger partial charge in [0.05, 0.1) is 18.2 Å². The van der Waals surface area contributed by atoms with E-state index in [1.807, 2.05) is 30.3 Å². The third-order valence-corrected chi connectivity index (χ3v) is 4.75. The molecular weight excluding hydrogens is 388 g/mol. The Labute approximate surface area is 152 Å². The highest BCUT2D eigenvalue weighted by Crippen LogP contribution is 2.32. The Hall–Kier alpha value is -2.38. The van der Waals surface area contributed by atoms with Gasteiger partial charge in [-0.2, -0.15) is 0 Å². The molecule has 128 valence electrons. The van der Waals surface area contributed by atoms with Crippen LogP contribution < -0.4 is 19.7 Å². The van der Waals surface area contributed by atoms with E-state index < -0.39 is 6.04 Å². The zero-order chi connectivity index (χ0) is 17.4. The average Bonchev–Trinajstić information content (AvgIpc) is 3.18. The van der Waals surface area contributed by atoms with Crippen molar-refractivity contribution in [3.05, 3.63) is 52.5 Å². The molecule has 0 saturated carbocycles. The highest BCUT2D eigenvalue weighted by Gasteiger charge is 2.39. The topological polar surface area (TPSA) is 67.9 Å². The van der Waals surface area contributed by atoms with Crippen molar-refractivity contribution in [2.24, 2.45) is 0 Å². The molecular formula is C18H15BrN2O4. The molecule has 2 amide bonds. The van der Waals surface area contributed by atoms with E-state index in [1.165, 1.54) is 4.90 Å². The van der Waals surface area contributed by atoms with E-state index >= 15 is 0 Å². The number of hydrogen-bond acceptors (Lipinski definition) is 5. The largest absolute Gasteiger partial charge is 0.454 e. The predicted octanol–water partition coefficient (Wildman–Crippen LogP) is 2.60. The van der Waals surface area contributed by atoms with Crippen LogP contribution in [0.4, 0.5) is 5.69 Å². The Morgan fingerprint density at radius 1 is 1.08 bits per heavy atom. The van der Waals surface area contributed by atoms with Gasteiger partial charge < -0.3 is 14.8 Å². The highest BCUT2D eigenvalue weighted by atomic mass is 79.9. The van der Waals surface area contributed by atoms with Crippen LogP contribution in [0.2, 0.25) is 0 Å². The van der Waals surface area contributed by atoms with Crippen molar-refractivity contribution in [3.8, 4) is 11.5 Å². The second-order valence-corrected chi connectivity index (χ2v) is 6.78. The summed E-state index contributed by atoms with van der Waals surface area (Å²) in [6.07, 6.45) is 0.152. The van der Waals surface area contributed by atoms with Crippen molar-refractivity contribution in [1.29, 1.82) is 0 Å². The van der Waals surface area contributed by atoms with Crippen LogP contribution in [0.3, 0.4) is 0 Å². The Bertz CT molecular complexity index is 837. The molecule has 0 aromatic heterocycles. The molecule has 25 heavy (non-hydrogen) atoms. The number of halogens is 1. The fraction of sp³-hybridized carbons (Fsp3) is 0.222. The van der Waals surface area contributed by atoms with E-state index in [0.29, 0.717) is 18.0 Å². The van der Waals surface area contributed by atoms with E-state index in [4.69, 9.17) is 9.47 Å². The van der Waals surface area contributed by atoms with Gasteiger partial charge in [-0.25, -0.2) is 4.90 Å². The minimum absolute atomic E-state index is 0.152. The number of benzene rings is 2. The molecule has 1 N–H and O–H groups in total. The SMILES string of the molecule is O=C1C[C@H](NCc2ccc3c(c2)OCO3)C(=O)N1c1ccc(Br)cc1. The lowest BCUT2D eigenvalue weighted by molar-refractivity contribution is -0.121. The summed E-state index contributed by atoms with van der Waals surface area (Å²) in [5.41, 5.74) is 1.55. The van der Waals surface area contributed by atoms with Gasteiger partial charge in [-0.3, -0.25) is 9.59 Å². The van der Waals surface area contributed by atoms with Gasteiger partial charge in [-0.1, -0.05) is 22.0 Å². The van der Waals surface area contributed by atoms with Gasteiger partial charge in [0, 0.05) is 11.0 Å². The van der Waals surface area contributed by atoms with Gasteiger partial charge in [0.1, 0.15) is 0 Å². The molecule has 1 fully saturated rings. The minimum Gasteiger partial charge on any atom is -0.454 e. The number of imide groups is 1. The van der Waals surface area contributed by atoms with Gasteiger partial charge in [0.25, 0.3) is 5.91 Å². The van der Waals surface area contributed by atoms with Crippen LogP contribution in [0.25, 0.3) is 0 Å². The summed E-state index contributed by atoms with van der Waals surface area (Å²) < 4.78 is 11.5. The number of hydrogen-bond donors (Lipinski definition) is 1. The van der Waals surface area contributed by atoms with E-state index in [0.717, 1.165) is 15.8 Å². The van der Waals surface area contributed by atoms with E-state index in [-0.39, 0.29) is 25.0 Å². The molecule has 0 unspecified atom stereocenters. The number of ether oxygens (including phenoxy) is 2. The van der Waals surface area contributed by atoms with E-state index in [2.05, 4.69) is 21.2 Å². The lowest BCUT2D eigenvalue weighted by atomic mass is 10.1. The molecule has 0 radical (unpaired) electrons. The molecule has 2 aliphatic heterocycles. The number of anilines is 1. The molecule has 2 aromatic rings. The molecule has 0 spiro atoms. The standard InChI is InChI=1S/C18H15BrN2O4/c19-12-2-4-13(5-3-12)21-17(22)8-14(18(21)23)20-9-11-1-6-15-16(7-11)25-10-24-15/h1-7,14,20H,8-10H2/t14-/m0/s1. The van der Waals surface area contributed by atoms with Crippen molar-refractivity contribution >= 4 is 33.4 Å². The quantitative estimate of drug-likeness (QED) is 0.796. The van der Waals surface area contributed by atoms with Crippen molar-refractivity contribution in [2.75, 3.05) is 11.7 Å². The number of carbonyl (C=O) groups excluding carboxylic acids is 2. The van der Waals surface area contributed by atoms with Crippen LogP contribution in [0.15, 0.2) is 46.9 Å². The number of nitrogens with zero attached hydrogens (tertiary/aromatic N) is 1. The van der Waals surface area contributed by atoms with Crippen LogP contribution in [0, 0.1) is 0 Å². The first-order valence-electron chi connectivity index (χ1n) is 7.86. The summed E-state index contributed by atoms with van der Waals surface area (Å²) in [5, 5.41) is 3.16. The van der Waals surface area contributed by atoms with Crippen LogP contribution in [-0.2, 0) is 16.1 Å². The maximum Gasteiger partial charge on any atom is 0.251 e. The third-order valence-electron chi connectivity index (χ3n) is 4.22. The number of fused-ring (bicyclic) bond motifs is 1. The third kappa shape index (κ3) is 3.12. The van der Waals surface area contributed by atoms with E-state index in [9.17, 15) is 9.59 Å².